The fourth-order valence-electron chi connectivity index (χ4n) is 3.31. The van der Waals surface area contributed by atoms with Crippen molar-refractivity contribution in [2.75, 3.05) is 26.0 Å². The van der Waals surface area contributed by atoms with Crippen LogP contribution in [0.5, 0.6) is 0 Å². The first-order valence-electron chi connectivity index (χ1n) is 10.3. The Morgan fingerprint density at radius 3 is 2.41 bits per heavy atom. The summed E-state index contributed by atoms with van der Waals surface area (Å²) in [5.74, 6) is -2.47. The molecule has 3 aromatic rings. The molecule has 0 aliphatic heterocycles. The molecule has 0 aliphatic carbocycles. The maximum Gasteiger partial charge on any atom is 0.270 e. The number of nitrogens with zero attached hydrogens (tertiary/aromatic N) is 2. The molecule has 34 heavy (non-hydrogen) atoms. The van der Waals surface area contributed by atoms with Crippen molar-refractivity contribution < 1.29 is 23.5 Å². The predicted octanol–water partition coefficient (Wildman–Crippen LogP) is 2.11. The second-order valence-electron chi connectivity index (χ2n) is 7.29. The van der Waals surface area contributed by atoms with E-state index in [9.17, 15) is 18.8 Å². The number of carbonyl (C=O) groups is 3. The molecule has 2 aromatic carbocycles. The molecule has 3 rings (SSSR count). The van der Waals surface area contributed by atoms with Crippen LogP contribution < -0.4 is 16.8 Å². The standard InChI is InChI=1S/C23H24FN5O4S/c1-33-12-11-27-22(31)19(15-7-9-16(24)10-8-15)29(13-14-5-3-2-4-6-14)23(32)20-17(25)18(21(26)30)28-34-20/h2-10,19H,11-13,25H2,1H3,(H2,26,30)(H,27,31)/t19-/m1/s1. The van der Waals surface area contributed by atoms with Crippen LogP contribution in [0, 0.1) is 5.82 Å². The van der Waals surface area contributed by atoms with Gasteiger partial charge in [0.2, 0.25) is 5.91 Å². The molecular weight excluding hydrogens is 461 g/mol. The number of ether oxygens (including phenoxy) is 1. The topological polar surface area (TPSA) is 141 Å². The van der Waals surface area contributed by atoms with E-state index >= 15 is 0 Å². The highest BCUT2D eigenvalue weighted by atomic mass is 32.1. The van der Waals surface area contributed by atoms with Gasteiger partial charge < -0.3 is 26.4 Å². The number of primary amides is 1. The van der Waals surface area contributed by atoms with Crippen LogP contribution in [0.15, 0.2) is 54.6 Å². The number of carbonyl (C=O) groups excluding carboxylic acids is 3. The van der Waals surface area contributed by atoms with E-state index in [2.05, 4.69) is 9.69 Å². The van der Waals surface area contributed by atoms with Gasteiger partial charge in [-0.3, -0.25) is 14.4 Å². The van der Waals surface area contributed by atoms with Gasteiger partial charge in [0.05, 0.1) is 12.3 Å². The molecule has 0 bridgehead atoms. The van der Waals surface area contributed by atoms with Crippen molar-refractivity contribution in [3.05, 3.63) is 82.1 Å². The van der Waals surface area contributed by atoms with E-state index in [-0.39, 0.29) is 36.0 Å². The minimum atomic E-state index is -1.14. The predicted molar refractivity (Wildman–Crippen MR) is 125 cm³/mol. The molecule has 1 aromatic heterocycles. The average molecular weight is 486 g/mol. The molecule has 0 aliphatic rings. The molecule has 0 fully saturated rings. The Hall–Kier alpha value is -3.83. The van der Waals surface area contributed by atoms with Crippen molar-refractivity contribution in [2.24, 2.45) is 5.73 Å². The van der Waals surface area contributed by atoms with Crippen LogP contribution in [-0.2, 0) is 16.1 Å². The van der Waals surface area contributed by atoms with Crippen molar-refractivity contribution in [1.82, 2.24) is 14.6 Å². The largest absolute Gasteiger partial charge is 0.395 e. The molecule has 9 nitrogen and oxygen atoms in total. The highest BCUT2D eigenvalue weighted by Crippen LogP contribution is 2.30. The second kappa shape index (κ2) is 11.3. The molecule has 0 saturated heterocycles. The van der Waals surface area contributed by atoms with Crippen LogP contribution in [0.2, 0.25) is 0 Å². The van der Waals surface area contributed by atoms with Gasteiger partial charge in [-0.15, -0.1) is 0 Å². The lowest BCUT2D eigenvalue weighted by Gasteiger charge is -2.31. The third kappa shape index (κ3) is 5.74. The number of amides is 3. The van der Waals surface area contributed by atoms with Crippen LogP contribution in [0.25, 0.3) is 0 Å². The summed E-state index contributed by atoms with van der Waals surface area (Å²) in [6.07, 6.45) is 0. The smallest absolute Gasteiger partial charge is 0.270 e. The van der Waals surface area contributed by atoms with Gasteiger partial charge in [0, 0.05) is 20.2 Å². The zero-order valence-corrected chi connectivity index (χ0v) is 19.2. The number of anilines is 1. The molecule has 1 atom stereocenters. The summed E-state index contributed by atoms with van der Waals surface area (Å²) in [6, 6.07) is 13.2. The van der Waals surface area contributed by atoms with Crippen molar-refractivity contribution >= 4 is 34.9 Å². The Balaban J connectivity index is 2.09. The zero-order valence-electron chi connectivity index (χ0n) is 18.4. The molecule has 0 unspecified atom stereocenters. The van der Waals surface area contributed by atoms with Crippen molar-refractivity contribution in [2.45, 2.75) is 12.6 Å². The zero-order chi connectivity index (χ0) is 24.7. The van der Waals surface area contributed by atoms with Crippen LogP contribution in [0.3, 0.4) is 0 Å². The summed E-state index contributed by atoms with van der Waals surface area (Å²) >= 11 is 0.721. The normalized spacial score (nSPS) is 11.6. The van der Waals surface area contributed by atoms with E-state index in [0.717, 1.165) is 17.1 Å². The van der Waals surface area contributed by atoms with E-state index in [0.29, 0.717) is 5.56 Å². The number of nitrogens with one attached hydrogen (secondary N) is 1. The van der Waals surface area contributed by atoms with Crippen molar-refractivity contribution in [3.63, 3.8) is 0 Å². The van der Waals surface area contributed by atoms with E-state index in [1.165, 1.54) is 36.3 Å². The third-order valence-electron chi connectivity index (χ3n) is 4.96. The van der Waals surface area contributed by atoms with Gasteiger partial charge >= 0.3 is 0 Å². The lowest BCUT2D eigenvalue weighted by molar-refractivity contribution is -0.126. The van der Waals surface area contributed by atoms with Crippen LogP contribution >= 0.6 is 11.5 Å². The molecular formula is C23H24FN5O4S. The summed E-state index contributed by atoms with van der Waals surface area (Å²) in [5, 5.41) is 2.74. The first kappa shape index (κ1) is 24.8. The Morgan fingerprint density at radius 1 is 1.15 bits per heavy atom. The van der Waals surface area contributed by atoms with Crippen molar-refractivity contribution in [3.8, 4) is 0 Å². The van der Waals surface area contributed by atoms with E-state index in [1.807, 2.05) is 6.07 Å². The second-order valence-corrected chi connectivity index (χ2v) is 8.07. The monoisotopic (exact) mass is 485 g/mol. The van der Waals surface area contributed by atoms with Gasteiger partial charge in [0.15, 0.2) is 5.69 Å². The molecule has 11 heteroatoms. The minimum Gasteiger partial charge on any atom is -0.395 e. The van der Waals surface area contributed by atoms with E-state index in [1.54, 1.807) is 24.3 Å². The first-order chi connectivity index (χ1) is 16.3. The number of methoxy groups -OCH3 is 1. The molecule has 5 N–H and O–H groups in total. The first-order valence-corrected chi connectivity index (χ1v) is 11.0. The Bertz CT molecular complexity index is 1150. The fourth-order valence-corrected chi connectivity index (χ4v) is 4.07. The Kier molecular flexibility index (Phi) is 8.28. The molecule has 3 amide bonds. The molecule has 0 saturated carbocycles. The minimum absolute atomic E-state index is 0.0264. The van der Waals surface area contributed by atoms with Crippen LogP contribution in [0.1, 0.15) is 37.3 Å². The molecule has 0 spiro atoms. The summed E-state index contributed by atoms with van der Waals surface area (Å²) in [4.78, 5) is 39.9. The number of hydrogen-bond acceptors (Lipinski definition) is 7. The van der Waals surface area contributed by atoms with Crippen LogP contribution in [-0.4, -0.2) is 47.3 Å². The number of nitrogens with two attached hydrogens (primary N) is 2. The summed E-state index contributed by atoms with van der Waals surface area (Å²) in [5.41, 5.74) is 12.1. The molecule has 178 valence electrons. The summed E-state index contributed by atoms with van der Waals surface area (Å²) in [7, 11) is 1.50. The maximum atomic E-state index is 13.7. The molecule has 0 radical (unpaired) electrons. The number of rotatable bonds is 10. The highest BCUT2D eigenvalue weighted by molar-refractivity contribution is 7.09. The summed E-state index contributed by atoms with van der Waals surface area (Å²) < 4.78 is 22.5. The van der Waals surface area contributed by atoms with Crippen LogP contribution in [0.4, 0.5) is 10.1 Å². The fraction of sp³-hybridized carbons (Fsp3) is 0.217. The van der Waals surface area contributed by atoms with Gasteiger partial charge in [-0.25, -0.2) is 4.39 Å². The quantitative estimate of drug-likeness (QED) is 0.376. The number of nitrogen functional groups attached to an aromatic ring is 1. The van der Waals surface area contributed by atoms with E-state index in [4.69, 9.17) is 16.2 Å². The Labute approximate surface area is 199 Å². The van der Waals surface area contributed by atoms with Gasteiger partial charge in [-0.1, -0.05) is 42.5 Å². The number of aromatic nitrogens is 1. The third-order valence-corrected chi connectivity index (χ3v) is 5.81. The maximum absolute atomic E-state index is 13.7. The van der Waals surface area contributed by atoms with Gasteiger partial charge in [-0.2, -0.15) is 4.37 Å². The number of benzene rings is 2. The van der Waals surface area contributed by atoms with Gasteiger partial charge in [-0.05, 0) is 34.8 Å². The van der Waals surface area contributed by atoms with Gasteiger partial charge in [0.1, 0.15) is 16.7 Å². The van der Waals surface area contributed by atoms with E-state index < -0.39 is 29.6 Å². The molecule has 1 heterocycles. The number of hydrogen-bond donors (Lipinski definition) is 3. The highest BCUT2D eigenvalue weighted by Gasteiger charge is 2.34. The Morgan fingerprint density at radius 2 is 1.82 bits per heavy atom. The SMILES string of the molecule is COCCNC(=O)[C@@H](c1ccc(F)cc1)N(Cc1ccccc1)C(=O)c1snc(C(N)=O)c1N. The average Bonchev–Trinajstić information content (AvgIpc) is 3.22. The number of halogens is 1. The lowest BCUT2D eigenvalue weighted by atomic mass is 10.0. The van der Waals surface area contributed by atoms with Gasteiger partial charge in [0.25, 0.3) is 11.8 Å². The summed E-state index contributed by atoms with van der Waals surface area (Å²) in [6.45, 7) is 0.496. The van der Waals surface area contributed by atoms with Crippen molar-refractivity contribution in [1.29, 1.82) is 0 Å². The lowest BCUT2D eigenvalue weighted by Crippen LogP contribution is -2.44.